The molecule has 0 aliphatic carbocycles. The normalized spacial score (nSPS) is 13.7. The molecule has 0 saturated carbocycles. The lowest BCUT2D eigenvalue weighted by atomic mass is 10.1. The van der Waals surface area contributed by atoms with Crippen molar-refractivity contribution in [2.24, 2.45) is 5.73 Å². The topological polar surface area (TPSA) is 26.0 Å². The molecule has 0 aromatic carbocycles. The highest BCUT2D eigenvalue weighted by Crippen LogP contribution is 2.03. The van der Waals surface area contributed by atoms with E-state index in [1.807, 2.05) is 25.2 Å². The lowest BCUT2D eigenvalue weighted by molar-refractivity contribution is 0.701. The van der Waals surface area contributed by atoms with E-state index in [1.165, 1.54) is 0 Å². The number of allylic oxidation sites excluding steroid dienone is 5. The number of hydrogen-bond donors (Lipinski definition) is 1. The lowest BCUT2D eigenvalue weighted by Gasteiger charge is -2.08. The van der Waals surface area contributed by atoms with Crippen molar-refractivity contribution < 1.29 is 0 Å². The van der Waals surface area contributed by atoms with Crippen molar-refractivity contribution >= 4 is 0 Å². The highest BCUT2D eigenvalue weighted by atomic mass is 14.6. The fourth-order valence-corrected chi connectivity index (χ4v) is 0.840. The van der Waals surface area contributed by atoms with Crippen LogP contribution in [-0.2, 0) is 0 Å². The molecule has 1 heteroatoms. The summed E-state index contributed by atoms with van der Waals surface area (Å²) in [5, 5.41) is 0. The maximum atomic E-state index is 5.79. The molecule has 0 fully saturated rings. The Morgan fingerprint density at radius 2 is 2.08 bits per heavy atom. The van der Waals surface area contributed by atoms with Gasteiger partial charge in [-0.05, 0) is 19.8 Å². The van der Waals surface area contributed by atoms with Gasteiger partial charge in [0.1, 0.15) is 0 Å². The summed E-state index contributed by atoms with van der Waals surface area (Å²) in [5.74, 6) is 0. The summed E-state index contributed by atoms with van der Waals surface area (Å²) in [6.07, 6.45) is 11.7. The van der Waals surface area contributed by atoms with E-state index in [0.29, 0.717) is 0 Å². The Morgan fingerprint density at radius 1 is 1.38 bits per heavy atom. The van der Waals surface area contributed by atoms with Crippen LogP contribution in [0.3, 0.4) is 0 Å². The molecule has 72 valence electrons. The van der Waals surface area contributed by atoms with Crippen LogP contribution >= 0.6 is 0 Å². The third-order valence-corrected chi connectivity index (χ3v) is 1.77. The molecule has 0 aromatic heterocycles. The Hall–Kier alpha value is -1.08. The van der Waals surface area contributed by atoms with Crippen LogP contribution in [0.4, 0.5) is 0 Å². The standard InChI is InChI=1S/C12H19N/c1-4-5-6-7-8-9-10-12(13)11(2)3/h4-8,12H,1-2,9-10,13H2,3H3/b6-5-,8-7-. The predicted octanol–water partition coefficient (Wildman–Crippen LogP) is 2.97. The minimum atomic E-state index is 0.132. The molecule has 13 heavy (non-hydrogen) atoms. The van der Waals surface area contributed by atoms with Gasteiger partial charge in [-0.25, -0.2) is 0 Å². The molecule has 0 heterocycles. The molecule has 1 atom stereocenters. The molecule has 0 bridgehead atoms. The third kappa shape index (κ3) is 7.29. The summed E-state index contributed by atoms with van der Waals surface area (Å²) in [5.41, 5.74) is 6.84. The summed E-state index contributed by atoms with van der Waals surface area (Å²) in [7, 11) is 0. The SMILES string of the molecule is C=C/C=C\C=C/CCC(N)C(=C)C. The van der Waals surface area contributed by atoms with Crippen LogP contribution in [0, 0.1) is 0 Å². The first kappa shape index (κ1) is 11.9. The van der Waals surface area contributed by atoms with E-state index in [2.05, 4.69) is 19.2 Å². The van der Waals surface area contributed by atoms with Crippen molar-refractivity contribution in [1.29, 1.82) is 0 Å². The average Bonchev–Trinajstić information content (AvgIpc) is 2.10. The molecule has 0 spiro atoms. The van der Waals surface area contributed by atoms with Gasteiger partial charge in [0.2, 0.25) is 0 Å². The molecule has 0 saturated heterocycles. The first-order valence-electron chi connectivity index (χ1n) is 4.53. The first-order chi connectivity index (χ1) is 6.18. The van der Waals surface area contributed by atoms with Gasteiger partial charge in [0.05, 0.1) is 0 Å². The van der Waals surface area contributed by atoms with E-state index in [4.69, 9.17) is 5.73 Å². The summed E-state index contributed by atoms with van der Waals surface area (Å²) in [6, 6.07) is 0.132. The van der Waals surface area contributed by atoms with Gasteiger partial charge < -0.3 is 5.73 Å². The maximum absolute atomic E-state index is 5.79. The van der Waals surface area contributed by atoms with E-state index in [1.54, 1.807) is 6.08 Å². The van der Waals surface area contributed by atoms with Gasteiger partial charge in [-0.1, -0.05) is 49.1 Å². The van der Waals surface area contributed by atoms with Crippen molar-refractivity contribution in [1.82, 2.24) is 0 Å². The molecular weight excluding hydrogens is 158 g/mol. The van der Waals surface area contributed by atoms with Crippen LogP contribution in [0.25, 0.3) is 0 Å². The quantitative estimate of drug-likeness (QED) is 0.490. The zero-order chi connectivity index (χ0) is 10.1. The summed E-state index contributed by atoms with van der Waals surface area (Å²) in [6.45, 7) is 9.35. The first-order valence-corrected chi connectivity index (χ1v) is 4.53. The third-order valence-electron chi connectivity index (χ3n) is 1.77. The molecule has 0 aromatic rings. The van der Waals surface area contributed by atoms with Gasteiger partial charge in [-0.15, -0.1) is 0 Å². The van der Waals surface area contributed by atoms with Gasteiger partial charge in [0.25, 0.3) is 0 Å². The van der Waals surface area contributed by atoms with E-state index < -0.39 is 0 Å². The molecule has 1 unspecified atom stereocenters. The number of nitrogens with two attached hydrogens (primary N) is 1. The smallest absolute Gasteiger partial charge is 0.0251 e. The lowest BCUT2D eigenvalue weighted by Crippen LogP contribution is -2.19. The minimum absolute atomic E-state index is 0.132. The highest BCUT2D eigenvalue weighted by molar-refractivity contribution is 5.09. The van der Waals surface area contributed by atoms with Crippen molar-refractivity contribution in [3.05, 3.63) is 49.1 Å². The number of rotatable bonds is 6. The molecule has 2 N–H and O–H groups in total. The second kappa shape index (κ2) is 7.56. The number of hydrogen-bond acceptors (Lipinski definition) is 1. The zero-order valence-electron chi connectivity index (χ0n) is 8.37. The van der Waals surface area contributed by atoms with Gasteiger partial charge in [-0.2, -0.15) is 0 Å². The minimum Gasteiger partial charge on any atom is -0.324 e. The van der Waals surface area contributed by atoms with Crippen LogP contribution in [0.15, 0.2) is 49.1 Å². The van der Waals surface area contributed by atoms with Crippen molar-refractivity contribution in [2.45, 2.75) is 25.8 Å². The predicted molar refractivity (Wildman–Crippen MR) is 60.5 cm³/mol. The van der Waals surface area contributed by atoms with Crippen LogP contribution in [0.5, 0.6) is 0 Å². The Bertz CT molecular complexity index is 211. The van der Waals surface area contributed by atoms with Gasteiger partial charge >= 0.3 is 0 Å². The van der Waals surface area contributed by atoms with Gasteiger partial charge in [0, 0.05) is 6.04 Å². The fraction of sp³-hybridized carbons (Fsp3) is 0.333. The van der Waals surface area contributed by atoms with Crippen LogP contribution in [0.1, 0.15) is 19.8 Å². The van der Waals surface area contributed by atoms with Gasteiger partial charge in [0.15, 0.2) is 0 Å². The molecule has 0 aliphatic rings. The van der Waals surface area contributed by atoms with E-state index >= 15 is 0 Å². The van der Waals surface area contributed by atoms with E-state index in [9.17, 15) is 0 Å². The van der Waals surface area contributed by atoms with Crippen LogP contribution in [-0.4, -0.2) is 6.04 Å². The van der Waals surface area contributed by atoms with Crippen LogP contribution in [0.2, 0.25) is 0 Å². The monoisotopic (exact) mass is 177 g/mol. The molecule has 0 rings (SSSR count). The Balaban J connectivity index is 3.55. The summed E-state index contributed by atoms with van der Waals surface area (Å²) < 4.78 is 0. The molecule has 0 radical (unpaired) electrons. The average molecular weight is 177 g/mol. The second-order valence-electron chi connectivity index (χ2n) is 3.08. The van der Waals surface area contributed by atoms with Crippen LogP contribution < -0.4 is 5.73 Å². The molecule has 0 amide bonds. The van der Waals surface area contributed by atoms with E-state index in [0.717, 1.165) is 18.4 Å². The Kier molecular flexibility index (Phi) is 6.93. The summed E-state index contributed by atoms with van der Waals surface area (Å²) >= 11 is 0. The maximum Gasteiger partial charge on any atom is 0.0251 e. The van der Waals surface area contributed by atoms with Gasteiger partial charge in [-0.3, -0.25) is 0 Å². The zero-order valence-corrected chi connectivity index (χ0v) is 8.37. The molecule has 1 nitrogen and oxygen atoms in total. The van der Waals surface area contributed by atoms with E-state index in [-0.39, 0.29) is 6.04 Å². The Labute approximate surface area is 81.3 Å². The van der Waals surface area contributed by atoms with Crippen molar-refractivity contribution in [3.8, 4) is 0 Å². The van der Waals surface area contributed by atoms with Crippen molar-refractivity contribution in [3.63, 3.8) is 0 Å². The largest absolute Gasteiger partial charge is 0.324 e. The fourth-order valence-electron chi connectivity index (χ4n) is 0.840. The highest BCUT2D eigenvalue weighted by Gasteiger charge is 1.99. The summed E-state index contributed by atoms with van der Waals surface area (Å²) in [4.78, 5) is 0. The Morgan fingerprint density at radius 3 is 2.62 bits per heavy atom. The molecule has 0 aliphatic heterocycles. The molecular formula is C12H19N. The second-order valence-corrected chi connectivity index (χ2v) is 3.08. The van der Waals surface area contributed by atoms with Crippen molar-refractivity contribution in [2.75, 3.05) is 0 Å².